The van der Waals surface area contributed by atoms with Crippen LogP contribution in [0, 0.1) is 0 Å². The predicted octanol–water partition coefficient (Wildman–Crippen LogP) is 1.07. The number of aromatic nitrogens is 2. The second kappa shape index (κ2) is 2.49. The van der Waals surface area contributed by atoms with E-state index in [0.717, 1.165) is 5.69 Å². The first-order chi connectivity index (χ1) is 5.00. The number of nitrogens with one attached hydrogen (secondary N) is 1. The van der Waals surface area contributed by atoms with E-state index >= 15 is 0 Å². The van der Waals surface area contributed by atoms with Crippen LogP contribution in [-0.2, 0) is 5.41 Å². The molecule has 1 N–H and O–H groups in total. The van der Waals surface area contributed by atoms with E-state index in [4.69, 9.17) is 0 Å². The maximum Gasteiger partial charge on any atom is 0.200 e. The van der Waals surface area contributed by atoms with Crippen LogP contribution in [-0.4, -0.2) is 10.2 Å². The van der Waals surface area contributed by atoms with Gasteiger partial charge in [-0.1, -0.05) is 20.8 Å². The molecule has 3 nitrogen and oxygen atoms in total. The summed E-state index contributed by atoms with van der Waals surface area (Å²) in [4.78, 5) is 10.9. The van der Waals surface area contributed by atoms with E-state index in [0.29, 0.717) is 0 Å². The highest BCUT2D eigenvalue weighted by molar-refractivity contribution is 5.09. The molecule has 3 heteroatoms. The van der Waals surface area contributed by atoms with Gasteiger partial charge in [-0.25, -0.2) is 0 Å². The number of rotatable bonds is 0. The van der Waals surface area contributed by atoms with E-state index in [2.05, 4.69) is 10.2 Å². The Kier molecular flexibility index (Phi) is 1.81. The lowest BCUT2D eigenvalue weighted by Gasteiger charge is -2.16. The van der Waals surface area contributed by atoms with Gasteiger partial charge < -0.3 is 0 Å². The normalized spacial score (nSPS) is 11.5. The van der Waals surface area contributed by atoms with E-state index in [1.54, 1.807) is 6.07 Å². The van der Waals surface area contributed by atoms with Crippen LogP contribution in [0.25, 0.3) is 0 Å². The van der Waals surface area contributed by atoms with Crippen LogP contribution in [0.3, 0.4) is 0 Å². The fourth-order valence-corrected chi connectivity index (χ4v) is 0.761. The van der Waals surface area contributed by atoms with Crippen LogP contribution in [0.1, 0.15) is 26.5 Å². The molecule has 0 atom stereocenters. The summed E-state index contributed by atoms with van der Waals surface area (Å²) in [5.74, 6) is 0. The molecule has 1 aromatic heterocycles. The van der Waals surface area contributed by atoms with Crippen LogP contribution < -0.4 is 5.43 Å². The average molecular weight is 152 g/mol. The van der Waals surface area contributed by atoms with Crippen molar-refractivity contribution in [2.75, 3.05) is 0 Å². The lowest BCUT2D eigenvalue weighted by molar-refractivity contribution is 0.557. The highest BCUT2D eigenvalue weighted by atomic mass is 16.1. The number of H-pyrrole nitrogens is 1. The number of hydrogen-bond acceptors (Lipinski definition) is 2. The van der Waals surface area contributed by atoms with Crippen LogP contribution >= 0.6 is 0 Å². The zero-order valence-corrected chi connectivity index (χ0v) is 7.01. The molecule has 11 heavy (non-hydrogen) atoms. The Morgan fingerprint density at radius 3 is 2.45 bits per heavy atom. The molecule has 0 saturated carbocycles. The lowest BCUT2D eigenvalue weighted by atomic mass is 9.92. The largest absolute Gasteiger partial charge is 0.288 e. The number of aromatic amines is 1. The molecule has 1 aromatic rings. The Bertz CT molecular complexity index is 295. The fraction of sp³-hybridized carbons (Fsp3) is 0.500. The maximum absolute atomic E-state index is 10.9. The molecule has 0 unspecified atom stereocenters. The first kappa shape index (κ1) is 7.98. The molecule has 0 aromatic carbocycles. The van der Waals surface area contributed by atoms with Crippen molar-refractivity contribution < 1.29 is 0 Å². The molecular formula is C8H12N2O. The predicted molar refractivity (Wildman–Crippen MR) is 43.6 cm³/mol. The maximum atomic E-state index is 10.9. The summed E-state index contributed by atoms with van der Waals surface area (Å²) in [6.07, 6.45) is 1.27. The molecular weight excluding hydrogens is 140 g/mol. The van der Waals surface area contributed by atoms with Crippen molar-refractivity contribution in [3.8, 4) is 0 Å². The number of nitrogens with zero attached hydrogens (tertiary/aromatic N) is 1. The van der Waals surface area contributed by atoms with Crippen molar-refractivity contribution in [2.45, 2.75) is 26.2 Å². The smallest absolute Gasteiger partial charge is 0.200 e. The summed E-state index contributed by atoms with van der Waals surface area (Å²) in [7, 11) is 0. The highest BCUT2D eigenvalue weighted by Gasteiger charge is 2.14. The molecule has 1 rings (SSSR count). The Morgan fingerprint density at radius 2 is 2.09 bits per heavy atom. The van der Waals surface area contributed by atoms with Gasteiger partial charge in [0.25, 0.3) is 0 Å². The summed E-state index contributed by atoms with van der Waals surface area (Å²) in [5.41, 5.74) is 0.784. The fourth-order valence-electron chi connectivity index (χ4n) is 0.761. The standard InChI is InChI=1S/C8H12N2O/c1-8(2,3)7-4-6(11)5-9-10-7/h4-5H,1-3H3,(H,10,11). The summed E-state index contributed by atoms with van der Waals surface area (Å²) < 4.78 is 0. The van der Waals surface area contributed by atoms with Crippen LogP contribution in [0.15, 0.2) is 17.1 Å². The van der Waals surface area contributed by atoms with Gasteiger partial charge in [0.15, 0.2) is 5.43 Å². The summed E-state index contributed by atoms with van der Waals surface area (Å²) in [5, 5.41) is 6.51. The van der Waals surface area contributed by atoms with Crippen LogP contribution in [0.5, 0.6) is 0 Å². The minimum Gasteiger partial charge on any atom is -0.288 e. The summed E-state index contributed by atoms with van der Waals surface area (Å²) >= 11 is 0. The Balaban J connectivity index is 3.16. The zero-order valence-electron chi connectivity index (χ0n) is 7.01. The molecule has 0 radical (unpaired) electrons. The van der Waals surface area contributed by atoms with E-state index in [1.165, 1.54) is 6.20 Å². The van der Waals surface area contributed by atoms with E-state index < -0.39 is 0 Å². The van der Waals surface area contributed by atoms with Crippen molar-refractivity contribution in [1.29, 1.82) is 0 Å². The monoisotopic (exact) mass is 152 g/mol. The average Bonchev–Trinajstić information content (AvgIpc) is 1.86. The van der Waals surface area contributed by atoms with Crippen LogP contribution in [0.2, 0.25) is 0 Å². The van der Waals surface area contributed by atoms with Crippen molar-refractivity contribution >= 4 is 0 Å². The van der Waals surface area contributed by atoms with E-state index in [1.807, 2.05) is 20.8 Å². The van der Waals surface area contributed by atoms with Gasteiger partial charge in [0.1, 0.15) is 0 Å². The minimum atomic E-state index is -0.0475. The van der Waals surface area contributed by atoms with E-state index in [9.17, 15) is 4.79 Å². The third kappa shape index (κ3) is 1.90. The molecule has 0 spiro atoms. The van der Waals surface area contributed by atoms with Gasteiger partial charge in [-0.3, -0.25) is 9.89 Å². The van der Waals surface area contributed by atoms with Crippen LogP contribution in [0.4, 0.5) is 0 Å². The summed E-state index contributed by atoms with van der Waals surface area (Å²) in [6.45, 7) is 6.08. The second-order valence-electron chi connectivity index (χ2n) is 3.58. The van der Waals surface area contributed by atoms with E-state index in [-0.39, 0.29) is 10.8 Å². The third-order valence-corrected chi connectivity index (χ3v) is 1.47. The lowest BCUT2D eigenvalue weighted by Crippen LogP contribution is -2.17. The van der Waals surface area contributed by atoms with Gasteiger partial charge in [-0.15, -0.1) is 0 Å². The molecule has 1 heterocycles. The van der Waals surface area contributed by atoms with Gasteiger partial charge in [-0.05, 0) is 0 Å². The molecule has 0 bridgehead atoms. The quantitative estimate of drug-likeness (QED) is 0.604. The Hall–Kier alpha value is -1.12. The van der Waals surface area contributed by atoms with Crippen molar-refractivity contribution in [3.05, 3.63) is 28.2 Å². The molecule has 0 aliphatic carbocycles. The molecule has 0 amide bonds. The zero-order chi connectivity index (χ0) is 8.48. The first-order valence-corrected chi connectivity index (χ1v) is 3.55. The van der Waals surface area contributed by atoms with Gasteiger partial charge in [-0.2, -0.15) is 5.10 Å². The Labute approximate surface area is 65.5 Å². The summed E-state index contributed by atoms with van der Waals surface area (Å²) in [6, 6.07) is 1.58. The topological polar surface area (TPSA) is 45.8 Å². The van der Waals surface area contributed by atoms with Gasteiger partial charge in [0.05, 0.1) is 6.20 Å². The molecule has 0 aliphatic heterocycles. The molecule has 0 fully saturated rings. The third-order valence-electron chi connectivity index (χ3n) is 1.47. The molecule has 0 saturated heterocycles. The van der Waals surface area contributed by atoms with Crippen molar-refractivity contribution in [1.82, 2.24) is 10.2 Å². The van der Waals surface area contributed by atoms with Gasteiger partial charge >= 0.3 is 0 Å². The molecule has 60 valence electrons. The number of hydrogen-bond donors (Lipinski definition) is 1. The highest BCUT2D eigenvalue weighted by Crippen LogP contribution is 2.16. The second-order valence-corrected chi connectivity index (χ2v) is 3.58. The van der Waals surface area contributed by atoms with Gasteiger partial charge in [0.2, 0.25) is 0 Å². The van der Waals surface area contributed by atoms with Gasteiger partial charge in [0, 0.05) is 17.2 Å². The SMILES string of the molecule is CC(C)(C)c1cc(=O)cn[nH]1. The minimum absolute atomic E-state index is 0.0343. The Morgan fingerprint density at radius 1 is 1.45 bits per heavy atom. The van der Waals surface area contributed by atoms with Crippen molar-refractivity contribution in [3.63, 3.8) is 0 Å². The molecule has 0 aliphatic rings. The van der Waals surface area contributed by atoms with Crippen molar-refractivity contribution in [2.24, 2.45) is 0 Å². The first-order valence-electron chi connectivity index (χ1n) is 3.55.